The Labute approximate surface area is 134 Å². The summed E-state index contributed by atoms with van der Waals surface area (Å²) in [5, 5.41) is 0. The predicted molar refractivity (Wildman–Crippen MR) is 93.4 cm³/mol. The van der Waals surface area contributed by atoms with Crippen molar-refractivity contribution in [2.75, 3.05) is 6.61 Å². The fourth-order valence-corrected chi connectivity index (χ4v) is 2.61. The molecule has 0 saturated heterocycles. The number of rotatable bonds is 7. The molecule has 0 saturated carbocycles. The Balaban J connectivity index is 1.99. The SMILES string of the molecule is CCOc1ccccc1CCC(N)c1ccc(C(C)C)cc1. The molecule has 0 bridgehead atoms. The maximum absolute atomic E-state index is 6.35. The lowest BCUT2D eigenvalue weighted by Crippen LogP contribution is -2.11. The highest BCUT2D eigenvalue weighted by Crippen LogP contribution is 2.24. The quantitative estimate of drug-likeness (QED) is 0.793. The molecule has 0 heterocycles. The molecular formula is C20H27NO. The number of nitrogens with two attached hydrogens (primary N) is 1. The summed E-state index contributed by atoms with van der Waals surface area (Å²) >= 11 is 0. The second kappa shape index (κ2) is 8.00. The van der Waals surface area contributed by atoms with E-state index in [1.54, 1.807) is 0 Å². The van der Waals surface area contributed by atoms with Gasteiger partial charge in [-0.05, 0) is 48.4 Å². The average Bonchev–Trinajstić information content (AvgIpc) is 2.54. The van der Waals surface area contributed by atoms with Gasteiger partial charge in [-0.3, -0.25) is 0 Å². The van der Waals surface area contributed by atoms with E-state index in [0.717, 1.165) is 18.6 Å². The zero-order chi connectivity index (χ0) is 15.9. The summed E-state index contributed by atoms with van der Waals surface area (Å²) in [7, 11) is 0. The van der Waals surface area contributed by atoms with E-state index in [0.29, 0.717) is 12.5 Å². The van der Waals surface area contributed by atoms with Gasteiger partial charge < -0.3 is 10.5 Å². The van der Waals surface area contributed by atoms with Gasteiger partial charge >= 0.3 is 0 Å². The van der Waals surface area contributed by atoms with Crippen LogP contribution in [0.15, 0.2) is 48.5 Å². The number of para-hydroxylation sites is 1. The third-order valence-corrected chi connectivity index (χ3v) is 4.03. The lowest BCUT2D eigenvalue weighted by atomic mass is 9.96. The Bertz CT molecular complexity index is 575. The highest BCUT2D eigenvalue weighted by atomic mass is 16.5. The Hall–Kier alpha value is -1.80. The molecule has 0 aromatic heterocycles. The van der Waals surface area contributed by atoms with Crippen molar-refractivity contribution < 1.29 is 4.74 Å². The standard InChI is InChI=1S/C20H27NO/c1-4-22-20-8-6-5-7-18(20)13-14-19(21)17-11-9-16(10-12-17)15(2)3/h5-12,15,19H,4,13-14,21H2,1-3H3. The summed E-state index contributed by atoms with van der Waals surface area (Å²) < 4.78 is 5.68. The van der Waals surface area contributed by atoms with E-state index in [1.165, 1.54) is 16.7 Å². The Morgan fingerprint density at radius 3 is 2.23 bits per heavy atom. The zero-order valence-corrected chi connectivity index (χ0v) is 13.9. The van der Waals surface area contributed by atoms with Gasteiger partial charge in [-0.1, -0.05) is 56.3 Å². The molecule has 2 N–H and O–H groups in total. The molecule has 1 unspecified atom stereocenters. The van der Waals surface area contributed by atoms with E-state index in [4.69, 9.17) is 10.5 Å². The van der Waals surface area contributed by atoms with Gasteiger partial charge in [-0.2, -0.15) is 0 Å². The van der Waals surface area contributed by atoms with Gasteiger partial charge in [0.25, 0.3) is 0 Å². The van der Waals surface area contributed by atoms with E-state index >= 15 is 0 Å². The lowest BCUT2D eigenvalue weighted by Gasteiger charge is -2.15. The Morgan fingerprint density at radius 2 is 1.59 bits per heavy atom. The van der Waals surface area contributed by atoms with Crippen LogP contribution in [-0.4, -0.2) is 6.61 Å². The Kier molecular flexibility index (Phi) is 6.02. The third-order valence-electron chi connectivity index (χ3n) is 4.03. The highest BCUT2D eigenvalue weighted by molar-refractivity contribution is 5.34. The van der Waals surface area contributed by atoms with Gasteiger partial charge in [0, 0.05) is 6.04 Å². The van der Waals surface area contributed by atoms with Crippen molar-refractivity contribution in [3.8, 4) is 5.75 Å². The topological polar surface area (TPSA) is 35.2 Å². The minimum absolute atomic E-state index is 0.0656. The first-order valence-corrected chi connectivity index (χ1v) is 8.18. The molecule has 0 aliphatic carbocycles. The van der Waals surface area contributed by atoms with Crippen LogP contribution >= 0.6 is 0 Å². The Morgan fingerprint density at radius 1 is 0.955 bits per heavy atom. The molecule has 118 valence electrons. The summed E-state index contributed by atoms with van der Waals surface area (Å²) in [5.74, 6) is 1.54. The molecule has 2 rings (SSSR count). The number of aryl methyl sites for hydroxylation is 1. The van der Waals surface area contributed by atoms with Crippen LogP contribution < -0.4 is 10.5 Å². The lowest BCUT2D eigenvalue weighted by molar-refractivity contribution is 0.336. The molecule has 22 heavy (non-hydrogen) atoms. The van der Waals surface area contributed by atoms with Crippen molar-refractivity contribution in [3.63, 3.8) is 0 Å². The smallest absolute Gasteiger partial charge is 0.122 e. The summed E-state index contributed by atoms with van der Waals surface area (Å²) in [5.41, 5.74) is 10.2. The molecule has 0 spiro atoms. The number of hydrogen-bond acceptors (Lipinski definition) is 2. The van der Waals surface area contributed by atoms with Crippen molar-refractivity contribution in [2.45, 2.75) is 45.6 Å². The van der Waals surface area contributed by atoms with E-state index in [9.17, 15) is 0 Å². The fourth-order valence-electron chi connectivity index (χ4n) is 2.61. The highest BCUT2D eigenvalue weighted by Gasteiger charge is 2.09. The maximum atomic E-state index is 6.35. The van der Waals surface area contributed by atoms with Gasteiger partial charge in [0.1, 0.15) is 5.75 Å². The predicted octanol–water partition coefficient (Wildman–Crippen LogP) is 4.84. The minimum Gasteiger partial charge on any atom is -0.494 e. The van der Waals surface area contributed by atoms with Crippen LogP contribution in [0.5, 0.6) is 5.75 Å². The largest absolute Gasteiger partial charge is 0.494 e. The number of hydrogen-bond donors (Lipinski definition) is 1. The average molecular weight is 297 g/mol. The van der Waals surface area contributed by atoms with Crippen LogP contribution in [0.2, 0.25) is 0 Å². The van der Waals surface area contributed by atoms with Gasteiger partial charge in [-0.15, -0.1) is 0 Å². The van der Waals surface area contributed by atoms with E-state index in [-0.39, 0.29) is 6.04 Å². The summed E-state index contributed by atoms with van der Waals surface area (Å²) in [4.78, 5) is 0. The van der Waals surface area contributed by atoms with Gasteiger partial charge in [0.2, 0.25) is 0 Å². The van der Waals surface area contributed by atoms with E-state index < -0.39 is 0 Å². The minimum atomic E-state index is 0.0656. The number of ether oxygens (including phenoxy) is 1. The summed E-state index contributed by atoms with van der Waals surface area (Å²) in [6, 6.07) is 17.0. The van der Waals surface area contributed by atoms with Crippen molar-refractivity contribution in [1.82, 2.24) is 0 Å². The molecule has 2 nitrogen and oxygen atoms in total. The van der Waals surface area contributed by atoms with Crippen LogP contribution in [-0.2, 0) is 6.42 Å². The van der Waals surface area contributed by atoms with E-state index in [2.05, 4.69) is 50.2 Å². The maximum Gasteiger partial charge on any atom is 0.122 e. The zero-order valence-electron chi connectivity index (χ0n) is 13.9. The van der Waals surface area contributed by atoms with E-state index in [1.807, 2.05) is 19.1 Å². The first kappa shape index (κ1) is 16.6. The summed E-state index contributed by atoms with van der Waals surface area (Å²) in [6.45, 7) is 7.12. The van der Waals surface area contributed by atoms with Crippen molar-refractivity contribution in [1.29, 1.82) is 0 Å². The first-order chi connectivity index (χ1) is 10.6. The molecular weight excluding hydrogens is 270 g/mol. The van der Waals surface area contributed by atoms with Gasteiger partial charge in [0.05, 0.1) is 6.61 Å². The molecule has 0 radical (unpaired) electrons. The first-order valence-electron chi connectivity index (χ1n) is 8.18. The van der Waals surface area contributed by atoms with Crippen LogP contribution in [0.3, 0.4) is 0 Å². The monoisotopic (exact) mass is 297 g/mol. The van der Waals surface area contributed by atoms with Crippen LogP contribution in [0.1, 0.15) is 55.8 Å². The second-order valence-corrected chi connectivity index (χ2v) is 6.01. The van der Waals surface area contributed by atoms with Crippen molar-refractivity contribution >= 4 is 0 Å². The molecule has 0 aliphatic heterocycles. The third kappa shape index (κ3) is 4.35. The molecule has 2 heteroatoms. The fraction of sp³-hybridized carbons (Fsp3) is 0.400. The van der Waals surface area contributed by atoms with Crippen molar-refractivity contribution in [3.05, 3.63) is 65.2 Å². The second-order valence-electron chi connectivity index (χ2n) is 6.01. The molecule has 0 fully saturated rings. The summed E-state index contributed by atoms with van der Waals surface area (Å²) in [6.07, 6.45) is 1.86. The molecule has 0 aliphatic rings. The van der Waals surface area contributed by atoms with Crippen LogP contribution in [0.4, 0.5) is 0 Å². The van der Waals surface area contributed by atoms with Crippen molar-refractivity contribution in [2.24, 2.45) is 5.73 Å². The molecule has 1 atom stereocenters. The number of benzene rings is 2. The normalized spacial score (nSPS) is 12.4. The molecule has 2 aromatic rings. The van der Waals surface area contributed by atoms with Crippen LogP contribution in [0.25, 0.3) is 0 Å². The molecule has 2 aromatic carbocycles. The van der Waals surface area contributed by atoms with Gasteiger partial charge in [-0.25, -0.2) is 0 Å². The van der Waals surface area contributed by atoms with Gasteiger partial charge in [0.15, 0.2) is 0 Å². The molecule has 0 amide bonds. The van der Waals surface area contributed by atoms with Crippen LogP contribution in [0, 0.1) is 0 Å².